The van der Waals surface area contributed by atoms with E-state index in [1.165, 1.54) is 128 Å². The van der Waals surface area contributed by atoms with Crippen molar-refractivity contribution in [1.82, 2.24) is 5.32 Å². The molecule has 1 amide bonds. The van der Waals surface area contributed by atoms with Crippen LogP contribution in [0.5, 0.6) is 0 Å². The van der Waals surface area contributed by atoms with Crippen LogP contribution in [-0.4, -0.2) is 99.6 Å². The largest absolute Gasteiger partial charge is 0.454 e. The number of carbonyl (C=O) groups is 2. The zero-order chi connectivity index (χ0) is 57.5. The van der Waals surface area contributed by atoms with Crippen LogP contribution in [0.3, 0.4) is 0 Å². The predicted molar refractivity (Wildman–Crippen MR) is 329 cm³/mol. The first-order valence-electron chi connectivity index (χ1n) is 32.1. The molecule has 0 radical (unpaired) electrons. The quantitative estimate of drug-likeness (QED) is 0.0149. The highest BCUT2D eigenvalue weighted by atomic mass is 16.7. The second-order valence-electron chi connectivity index (χ2n) is 21.8. The van der Waals surface area contributed by atoms with Crippen LogP contribution in [0.4, 0.5) is 0 Å². The SMILES string of the molecule is CC/C=C/C=C/C=C\C=C/CCCCCC(=O)OC1C(OCC(NC(=O)C(O)CCCCCCCCCCCCC/C=C\C/C=C\C/C=C\CCCCC)C(O)/C=C/CCCCCCCCCCCCC)OC(CO)C(O)C1O. The van der Waals surface area contributed by atoms with E-state index < -0.39 is 67.4 Å². The van der Waals surface area contributed by atoms with Gasteiger partial charge in [0, 0.05) is 6.42 Å². The molecule has 11 nitrogen and oxygen atoms in total. The second-order valence-corrected chi connectivity index (χ2v) is 21.8. The number of esters is 1. The number of aliphatic hydroxyl groups excluding tert-OH is 5. The molecule has 0 aromatic heterocycles. The molecule has 0 spiro atoms. The summed E-state index contributed by atoms with van der Waals surface area (Å²) < 4.78 is 17.6. The van der Waals surface area contributed by atoms with E-state index >= 15 is 0 Å². The van der Waals surface area contributed by atoms with Crippen LogP contribution in [-0.2, 0) is 23.8 Å². The Balaban J connectivity index is 2.65. The summed E-state index contributed by atoms with van der Waals surface area (Å²) in [6, 6.07) is -1.04. The lowest BCUT2D eigenvalue weighted by molar-refractivity contribution is -0.305. The first kappa shape index (κ1) is 73.6. The highest BCUT2D eigenvalue weighted by molar-refractivity contribution is 5.80. The lowest BCUT2D eigenvalue weighted by Crippen LogP contribution is -2.61. The maximum atomic E-state index is 13.5. The van der Waals surface area contributed by atoms with E-state index in [1.54, 1.807) is 6.08 Å². The highest BCUT2D eigenvalue weighted by Gasteiger charge is 2.47. The molecular formula is C68H117NO10. The zero-order valence-electron chi connectivity index (χ0n) is 50.2. The monoisotopic (exact) mass is 1110 g/mol. The number of ether oxygens (including phenoxy) is 3. The van der Waals surface area contributed by atoms with Crippen molar-refractivity contribution in [3.8, 4) is 0 Å². The minimum atomic E-state index is -1.63. The van der Waals surface area contributed by atoms with Crippen LogP contribution in [0.25, 0.3) is 0 Å². The predicted octanol–water partition coefficient (Wildman–Crippen LogP) is 15.5. The zero-order valence-corrected chi connectivity index (χ0v) is 50.2. The maximum Gasteiger partial charge on any atom is 0.306 e. The third-order valence-corrected chi connectivity index (χ3v) is 14.6. The Morgan fingerprint density at radius 2 is 0.962 bits per heavy atom. The molecule has 0 aromatic rings. The van der Waals surface area contributed by atoms with Gasteiger partial charge in [0.2, 0.25) is 5.91 Å². The molecule has 8 unspecified atom stereocenters. The minimum Gasteiger partial charge on any atom is -0.454 e. The summed E-state index contributed by atoms with van der Waals surface area (Å²) in [5, 5.41) is 57.0. The number of hydrogen-bond donors (Lipinski definition) is 6. The van der Waals surface area contributed by atoms with E-state index in [-0.39, 0.29) is 19.4 Å². The Bertz CT molecular complexity index is 1650. The molecule has 0 saturated carbocycles. The first-order valence-corrected chi connectivity index (χ1v) is 32.1. The third kappa shape index (κ3) is 43.0. The van der Waals surface area contributed by atoms with E-state index in [0.717, 1.165) is 83.5 Å². The molecule has 454 valence electrons. The summed E-state index contributed by atoms with van der Waals surface area (Å²) in [4.78, 5) is 26.5. The number of rotatable bonds is 53. The Morgan fingerprint density at radius 1 is 0.519 bits per heavy atom. The fourth-order valence-electron chi connectivity index (χ4n) is 9.49. The van der Waals surface area contributed by atoms with Gasteiger partial charge in [0.05, 0.1) is 25.4 Å². The number of amides is 1. The average molecular weight is 1110 g/mol. The fraction of sp³-hybridized carbons (Fsp3) is 0.735. The minimum absolute atomic E-state index is 0.0736. The van der Waals surface area contributed by atoms with Gasteiger partial charge in [0.25, 0.3) is 0 Å². The van der Waals surface area contributed by atoms with Crippen LogP contribution >= 0.6 is 0 Å². The van der Waals surface area contributed by atoms with Crippen molar-refractivity contribution in [1.29, 1.82) is 0 Å². The van der Waals surface area contributed by atoms with Gasteiger partial charge in [-0.1, -0.05) is 266 Å². The van der Waals surface area contributed by atoms with Gasteiger partial charge in [-0.3, -0.25) is 9.59 Å². The van der Waals surface area contributed by atoms with Crippen LogP contribution in [0.15, 0.2) is 97.2 Å². The van der Waals surface area contributed by atoms with Crippen molar-refractivity contribution in [2.24, 2.45) is 0 Å². The number of hydrogen-bond acceptors (Lipinski definition) is 10. The molecule has 1 rings (SSSR count). The van der Waals surface area contributed by atoms with Crippen LogP contribution < -0.4 is 5.32 Å². The van der Waals surface area contributed by atoms with Crippen molar-refractivity contribution < 1.29 is 49.3 Å². The van der Waals surface area contributed by atoms with Crippen molar-refractivity contribution in [3.63, 3.8) is 0 Å². The molecule has 0 aliphatic carbocycles. The Kier molecular flexibility index (Phi) is 51.4. The van der Waals surface area contributed by atoms with Gasteiger partial charge >= 0.3 is 5.97 Å². The van der Waals surface area contributed by atoms with Gasteiger partial charge in [0.1, 0.15) is 24.4 Å². The van der Waals surface area contributed by atoms with Crippen LogP contribution in [0.2, 0.25) is 0 Å². The van der Waals surface area contributed by atoms with Gasteiger partial charge in [-0.2, -0.15) is 0 Å². The molecule has 79 heavy (non-hydrogen) atoms. The second kappa shape index (κ2) is 55.1. The third-order valence-electron chi connectivity index (χ3n) is 14.6. The van der Waals surface area contributed by atoms with Gasteiger partial charge in [0.15, 0.2) is 12.4 Å². The fourth-order valence-corrected chi connectivity index (χ4v) is 9.49. The molecule has 0 bridgehead atoms. The number of nitrogens with one attached hydrogen (secondary N) is 1. The number of aliphatic hydroxyl groups is 5. The molecule has 1 aliphatic heterocycles. The van der Waals surface area contributed by atoms with Crippen LogP contribution in [0.1, 0.15) is 258 Å². The molecular weight excluding hydrogens is 991 g/mol. The molecule has 1 saturated heterocycles. The molecule has 11 heteroatoms. The Hall–Kier alpha value is -3.42. The lowest BCUT2D eigenvalue weighted by Gasteiger charge is -2.41. The molecule has 1 aliphatic rings. The van der Waals surface area contributed by atoms with Gasteiger partial charge < -0.3 is 45.1 Å². The summed E-state index contributed by atoms with van der Waals surface area (Å²) in [6.07, 6.45) is 63.1. The number of carbonyl (C=O) groups excluding carboxylic acids is 2. The molecule has 1 fully saturated rings. The van der Waals surface area contributed by atoms with Crippen molar-refractivity contribution in [2.75, 3.05) is 13.2 Å². The summed E-state index contributed by atoms with van der Waals surface area (Å²) in [6.45, 7) is 5.60. The highest BCUT2D eigenvalue weighted by Crippen LogP contribution is 2.26. The molecule has 0 aromatic carbocycles. The lowest BCUT2D eigenvalue weighted by atomic mass is 9.99. The topological polar surface area (TPSA) is 175 Å². The van der Waals surface area contributed by atoms with Gasteiger partial charge in [-0.05, 0) is 83.5 Å². The van der Waals surface area contributed by atoms with E-state index in [1.807, 2.05) is 42.5 Å². The van der Waals surface area contributed by atoms with E-state index in [0.29, 0.717) is 12.8 Å². The number of unbranched alkanes of at least 4 members (excludes halogenated alkanes) is 28. The smallest absolute Gasteiger partial charge is 0.306 e. The first-order chi connectivity index (χ1) is 38.7. The van der Waals surface area contributed by atoms with Gasteiger partial charge in [-0.25, -0.2) is 0 Å². The molecule has 6 N–H and O–H groups in total. The summed E-state index contributed by atoms with van der Waals surface area (Å²) in [5.74, 6) is -1.24. The van der Waals surface area contributed by atoms with E-state index in [9.17, 15) is 35.1 Å². The maximum absolute atomic E-state index is 13.5. The van der Waals surface area contributed by atoms with Crippen molar-refractivity contribution in [3.05, 3.63) is 97.2 Å². The van der Waals surface area contributed by atoms with E-state index in [4.69, 9.17) is 14.2 Å². The summed E-state index contributed by atoms with van der Waals surface area (Å²) in [5.41, 5.74) is 0. The van der Waals surface area contributed by atoms with E-state index in [2.05, 4.69) is 74.7 Å². The Labute approximate surface area is 482 Å². The standard InChI is InChI=1S/C68H117NO10/c1-4-7-10-13-16-19-22-25-26-27-28-29-30-31-32-33-34-35-38-40-43-46-49-52-55-61(72)67(76)69-59(60(71)54-51-48-45-42-39-36-23-20-17-14-11-8-5-2)58-77-68-66(65(75)64(74)62(57-70)78-68)79-63(73)56-53-50-47-44-41-37-24-21-18-15-12-9-6-3/h9,12,15-16,18-19,21,24-26,28-29,37,41,51,54,59-62,64-66,68,70-72,74-75H,4-8,10-11,13-14,17,20,22-23,27,30-36,38-40,42-50,52-53,55-58H2,1-3H3,(H,69,76)/b12-9+,18-15+,19-16-,24-21-,26-25-,29-28-,41-37-,54-51+. The van der Waals surface area contributed by atoms with Gasteiger partial charge in [-0.15, -0.1) is 0 Å². The van der Waals surface area contributed by atoms with Crippen LogP contribution in [0, 0.1) is 0 Å². The molecule has 8 atom stereocenters. The summed E-state index contributed by atoms with van der Waals surface area (Å²) >= 11 is 0. The normalized spacial score (nSPS) is 19.5. The summed E-state index contributed by atoms with van der Waals surface area (Å²) in [7, 11) is 0. The van der Waals surface area contributed by atoms with Crippen molar-refractivity contribution in [2.45, 2.75) is 307 Å². The number of allylic oxidation sites excluding steroid dienone is 15. The van der Waals surface area contributed by atoms with Crippen molar-refractivity contribution >= 4 is 11.9 Å². The Morgan fingerprint density at radius 3 is 1.51 bits per heavy atom. The average Bonchev–Trinajstić information content (AvgIpc) is 3.49. The molecule has 1 heterocycles.